The number of aryl methyl sites for hydroxylation is 1. The van der Waals surface area contributed by atoms with Crippen molar-refractivity contribution in [3.63, 3.8) is 0 Å². The second-order valence-electron chi connectivity index (χ2n) is 3.58. The molecular formula is C10H16N2O2. The van der Waals surface area contributed by atoms with E-state index in [9.17, 15) is 4.79 Å². The van der Waals surface area contributed by atoms with Gasteiger partial charge in [-0.15, -0.1) is 0 Å². The fourth-order valence-corrected chi connectivity index (χ4v) is 1.42. The van der Waals surface area contributed by atoms with Crippen LogP contribution in [0.15, 0.2) is 18.5 Å². The monoisotopic (exact) mass is 196 g/mol. The molecule has 1 aromatic rings. The molecule has 0 saturated heterocycles. The molecule has 0 aliphatic carbocycles. The Hall–Kier alpha value is -1.29. The Labute approximate surface area is 83.5 Å². The molecule has 0 saturated carbocycles. The largest absolute Gasteiger partial charge is 0.480 e. The standard InChI is InChI=1S/C10H16N2O2/c1-12(2)9(10(13)14)4-3-8-5-6-11-7-8/h5-7,9,11H,3-4H2,1-2H3,(H,13,14). The van der Waals surface area contributed by atoms with Crippen LogP contribution in [0.3, 0.4) is 0 Å². The minimum atomic E-state index is -0.759. The summed E-state index contributed by atoms with van der Waals surface area (Å²) >= 11 is 0. The number of rotatable bonds is 5. The molecule has 1 unspecified atom stereocenters. The zero-order chi connectivity index (χ0) is 10.6. The molecule has 0 spiro atoms. The number of H-pyrrole nitrogens is 1. The van der Waals surface area contributed by atoms with E-state index >= 15 is 0 Å². The normalized spacial score (nSPS) is 13.1. The molecule has 0 aromatic carbocycles. The van der Waals surface area contributed by atoms with Crippen molar-refractivity contribution in [1.82, 2.24) is 9.88 Å². The lowest BCUT2D eigenvalue weighted by Crippen LogP contribution is -2.35. The zero-order valence-electron chi connectivity index (χ0n) is 8.53. The zero-order valence-corrected chi connectivity index (χ0v) is 8.53. The van der Waals surface area contributed by atoms with E-state index in [0.29, 0.717) is 6.42 Å². The number of hydrogen-bond donors (Lipinski definition) is 2. The first-order valence-corrected chi connectivity index (χ1v) is 4.62. The molecule has 78 valence electrons. The van der Waals surface area contributed by atoms with Crippen LogP contribution in [0.5, 0.6) is 0 Å². The summed E-state index contributed by atoms with van der Waals surface area (Å²) < 4.78 is 0. The molecule has 1 aromatic heterocycles. The van der Waals surface area contributed by atoms with Crippen LogP contribution >= 0.6 is 0 Å². The molecule has 1 atom stereocenters. The summed E-state index contributed by atoms with van der Waals surface area (Å²) in [5, 5.41) is 8.92. The van der Waals surface area contributed by atoms with Crippen LogP contribution in [0.4, 0.5) is 0 Å². The van der Waals surface area contributed by atoms with Gasteiger partial charge in [-0.3, -0.25) is 9.69 Å². The fourth-order valence-electron chi connectivity index (χ4n) is 1.42. The topological polar surface area (TPSA) is 56.3 Å². The van der Waals surface area contributed by atoms with Gasteiger partial charge in [-0.1, -0.05) is 0 Å². The highest BCUT2D eigenvalue weighted by Gasteiger charge is 2.19. The van der Waals surface area contributed by atoms with Crippen molar-refractivity contribution in [2.24, 2.45) is 0 Å². The molecule has 1 heterocycles. The second-order valence-corrected chi connectivity index (χ2v) is 3.58. The lowest BCUT2D eigenvalue weighted by Gasteiger charge is -2.19. The van der Waals surface area contributed by atoms with Crippen LogP contribution in [0.2, 0.25) is 0 Å². The molecule has 0 radical (unpaired) electrons. The summed E-state index contributed by atoms with van der Waals surface area (Å²) in [6.45, 7) is 0. The number of carboxylic acid groups (broad SMARTS) is 1. The number of likely N-dealkylation sites (N-methyl/N-ethyl adjacent to an activating group) is 1. The maximum atomic E-state index is 10.9. The van der Waals surface area contributed by atoms with Gasteiger partial charge in [0.2, 0.25) is 0 Å². The van der Waals surface area contributed by atoms with Crippen LogP contribution in [-0.2, 0) is 11.2 Å². The van der Waals surface area contributed by atoms with Gasteiger partial charge in [0.25, 0.3) is 0 Å². The van der Waals surface area contributed by atoms with Gasteiger partial charge in [0.05, 0.1) is 0 Å². The summed E-state index contributed by atoms with van der Waals surface area (Å²) in [6.07, 6.45) is 5.17. The number of nitrogens with zero attached hydrogens (tertiary/aromatic N) is 1. The molecule has 14 heavy (non-hydrogen) atoms. The molecule has 0 amide bonds. The smallest absolute Gasteiger partial charge is 0.320 e. The Bertz CT molecular complexity index is 280. The average molecular weight is 196 g/mol. The summed E-state index contributed by atoms with van der Waals surface area (Å²) in [7, 11) is 3.58. The lowest BCUT2D eigenvalue weighted by atomic mass is 10.1. The van der Waals surface area contributed by atoms with Crippen LogP contribution in [-0.4, -0.2) is 41.1 Å². The number of carbonyl (C=O) groups is 1. The maximum Gasteiger partial charge on any atom is 0.320 e. The molecule has 0 fully saturated rings. The third-order valence-corrected chi connectivity index (χ3v) is 2.28. The van der Waals surface area contributed by atoms with Gasteiger partial charge in [0.1, 0.15) is 6.04 Å². The first-order chi connectivity index (χ1) is 6.61. The Balaban J connectivity index is 2.45. The molecule has 0 aliphatic rings. The van der Waals surface area contributed by atoms with E-state index in [1.165, 1.54) is 0 Å². The van der Waals surface area contributed by atoms with E-state index in [1.807, 2.05) is 18.5 Å². The summed E-state index contributed by atoms with van der Waals surface area (Å²) in [5.74, 6) is -0.759. The fraction of sp³-hybridized carbons (Fsp3) is 0.500. The van der Waals surface area contributed by atoms with Crippen molar-refractivity contribution in [3.8, 4) is 0 Å². The van der Waals surface area contributed by atoms with E-state index < -0.39 is 12.0 Å². The first kappa shape index (κ1) is 10.8. The number of carboxylic acids is 1. The minimum Gasteiger partial charge on any atom is -0.480 e. The van der Waals surface area contributed by atoms with Gasteiger partial charge in [-0.2, -0.15) is 0 Å². The van der Waals surface area contributed by atoms with Crippen molar-refractivity contribution < 1.29 is 9.90 Å². The predicted molar refractivity (Wildman–Crippen MR) is 54.2 cm³/mol. The maximum absolute atomic E-state index is 10.9. The second kappa shape index (κ2) is 4.81. The number of aromatic nitrogens is 1. The van der Waals surface area contributed by atoms with Gasteiger partial charge >= 0.3 is 5.97 Å². The average Bonchev–Trinajstić information content (AvgIpc) is 2.55. The van der Waals surface area contributed by atoms with E-state index in [2.05, 4.69) is 4.98 Å². The molecule has 4 heteroatoms. The van der Waals surface area contributed by atoms with E-state index in [0.717, 1.165) is 12.0 Å². The number of aromatic amines is 1. The summed E-state index contributed by atoms with van der Waals surface area (Å²) in [5.41, 5.74) is 1.15. The number of hydrogen-bond acceptors (Lipinski definition) is 2. The number of nitrogens with one attached hydrogen (secondary N) is 1. The van der Waals surface area contributed by atoms with Crippen LogP contribution in [0.1, 0.15) is 12.0 Å². The van der Waals surface area contributed by atoms with Crippen molar-refractivity contribution in [3.05, 3.63) is 24.0 Å². The van der Waals surface area contributed by atoms with E-state index in [-0.39, 0.29) is 0 Å². The third kappa shape index (κ3) is 2.88. The van der Waals surface area contributed by atoms with Gasteiger partial charge in [-0.25, -0.2) is 0 Å². The number of aliphatic carboxylic acids is 1. The van der Waals surface area contributed by atoms with Gasteiger partial charge in [-0.05, 0) is 38.6 Å². The van der Waals surface area contributed by atoms with Crippen molar-refractivity contribution in [1.29, 1.82) is 0 Å². The quantitative estimate of drug-likeness (QED) is 0.737. The minimum absolute atomic E-state index is 0.398. The highest BCUT2D eigenvalue weighted by Crippen LogP contribution is 2.07. The molecule has 2 N–H and O–H groups in total. The Morgan fingerprint density at radius 1 is 1.64 bits per heavy atom. The van der Waals surface area contributed by atoms with Gasteiger partial charge < -0.3 is 10.1 Å². The highest BCUT2D eigenvalue weighted by molar-refractivity contribution is 5.73. The Kier molecular flexibility index (Phi) is 3.71. The summed E-state index contributed by atoms with van der Waals surface area (Å²) in [4.78, 5) is 15.5. The van der Waals surface area contributed by atoms with Crippen molar-refractivity contribution >= 4 is 5.97 Å². The molecule has 0 aliphatic heterocycles. The third-order valence-electron chi connectivity index (χ3n) is 2.28. The highest BCUT2D eigenvalue weighted by atomic mass is 16.4. The molecular weight excluding hydrogens is 180 g/mol. The first-order valence-electron chi connectivity index (χ1n) is 4.62. The van der Waals surface area contributed by atoms with Crippen molar-refractivity contribution in [2.75, 3.05) is 14.1 Å². The molecule has 1 rings (SSSR count). The van der Waals surface area contributed by atoms with E-state index in [4.69, 9.17) is 5.11 Å². The van der Waals surface area contributed by atoms with Crippen LogP contribution in [0, 0.1) is 0 Å². The summed E-state index contributed by atoms with van der Waals surface area (Å²) in [6, 6.07) is 1.57. The van der Waals surface area contributed by atoms with Gasteiger partial charge in [0.15, 0.2) is 0 Å². The van der Waals surface area contributed by atoms with Gasteiger partial charge in [0, 0.05) is 12.4 Å². The van der Waals surface area contributed by atoms with Crippen LogP contribution in [0.25, 0.3) is 0 Å². The van der Waals surface area contributed by atoms with Crippen molar-refractivity contribution in [2.45, 2.75) is 18.9 Å². The lowest BCUT2D eigenvalue weighted by molar-refractivity contribution is -0.142. The van der Waals surface area contributed by atoms with Crippen LogP contribution < -0.4 is 0 Å². The predicted octanol–water partition coefficient (Wildman–Crippen LogP) is 0.962. The molecule has 4 nitrogen and oxygen atoms in total. The Morgan fingerprint density at radius 2 is 2.36 bits per heavy atom. The van der Waals surface area contributed by atoms with E-state index in [1.54, 1.807) is 19.0 Å². The SMILES string of the molecule is CN(C)C(CCc1cc[nH]c1)C(=O)O. The Morgan fingerprint density at radius 3 is 2.79 bits per heavy atom. The molecule has 0 bridgehead atoms.